The number of nitrogens with zero attached hydrogens (tertiary/aromatic N) is 2. The van der Waals surface area contributed by atoms with Crippen LogP contribution in [0.25, 0.3) is 0 Å². The van der Waals surface area contributed by atoms with Crippen LogP contribution in [-0.4, -0.2) is 30.1 Å². The van der Waals surface area contributed by atoms with Crippen LogP contribution in [0.1, 0.15) is 42.5 Å². The van der Waals surface area contributed by atoms with Gasteiger partial charge >= 0.3 is 0 Å². The monoisotopic (exact) mass is 332 g/mol. The van der Waals surface area contributed by atoms with Gasteiger partial charge in [-0.1, -0.05) is 35.5 Å². The van der Waals surface area contributed by atoms with E-state index in [4.69, 9.17) is 4.52 Å². The van der Waals surface area contributed by atoms with Gasteiger partial charge in [-0.3, -0.25) is 0 Å². The van der Waals surface area contributed by atoms with Gasteiger partial charge in [-0.25, -0.2) is 8.42 Å². The van der Waals surface area contributed by atoms with Crippen LogP contribution in [0.3, 0.4) is 0 Å². The zero-order chi connectivity index (χ0) is 15.9. The van der Waals surface area contributed by atoms with E-state index >= 15 is 0 Å². The largest absolute Gasteiger partial charge is 0.339 e. The minimum Gasteiger partial charge on any atom is -0.339 e. The fraction of sp³-hybridized carbons (Fsp3) is 0.529. The van der Waals surface area contributed by atoms with Gasteiger partial charge in [-0.15, -0.1) is 0 Å². The molecule has 1 saturated carbocycles. The first-order valence-electron chi connectivity index (χ1n) is 8.18. The van der Waals surface area contributed by atoms with E-state index in [9.17, 15) is 8.42 Å². The summed E-state index contributed by atoms with van der Waals surface area (Å²) in [5.41, 5.74) is 1.23. The van der Waals surface area contributed by atoms with Crippen LogP contribution in [0.5, 0.6) is 0 Å². The number of sulfone groups is 1. The van der Waals surface area contributed by atoms with E-state index in [1.165, 1.54) is 18.4 Å². The summed E-state index contributed by atoms with van der Waals surface area (Å²) in [4.78, 5) is 4.59. The summed E-state index contributed by atoms with van der Waals surface area (Å²) >= 11 is 0. The van der Waals surface area contributed by atoms with Gasteiger partial charge in [0.1, 0.15) is 0 Å². The predicted molar refractivity (Wildman–Crippen MR) is 85.8 cm³/mol. The molecule has 0 radical (unpaired) electrons. The Hall–Kier alpha value is -1.69. The van der Waals surface area contributed by atoms with Crippen LogP contribution in [0, 0.1) is 11.8 Å². The van der Waals surface area contributed by atoms with Crippen LogP contribution in [0.2, 0.25) is 0 Å². The first-order chi connectivity index (χ1) is 11.1. The highest BCUT2D eigenvalue weighted by atomic mass is 32.2. The topological polar surface area (TPSA) is 73.1 Å². The highest BCUT2D eigenvalue weighted by Gasteiger charge is 2.37. The molecule has 2 heterocycles. The minimum absolute atomic E-state index is 0.115. The molecule has 5 nitrogen and oxygen atoms in total. The van der Waals surface area contributed by atoms with Crippen LogP contribution >= 0.6 is 0 Å². The molecule has 0 amide bonds. The Morgan fingerprint density at radius 2 is 1.96 bits per heavy atom. The summed E-state index contributed by atoms with van der Waals surface area (Å²) in [5.74, 6) is 2.75. The molecule has 2 aliphatic rings. The molecule has 1 aliphatic carbocycles. The molecule has 6 heteroatoms. The predicted octanol–water partition coefficient (Wildman–Crippen LogP) is 2.59. The Bertz CT molecular complexity index is 781. The number of hydrogen-bond acceptors (Lipinski definition) is 5. The third-order valence-corrected chi connectivity index (χ3v) is 6.64. The average molecular weight is 332 g/mol. The summed E-state index contributed by atoms with van der Waals surface area (Å²) in [6.45, 7) is 0. The Labute approximate surface area is 136 Å². The van der Waals surface area contributed by atoms with Gasteiger partial charge in [0.15, 0.2) is 15.7 Å². The molecule has 0 spiro atoms. The molecule has 0 N–H and O–H groups in total. The summed E-state index contributed by atoms with van der Waals surface area (Å²) in [5, 5.41) is 4.20. The first-order valence-corrected chi connectivity index (χ1v) is 10.0. The quantitative estimate of drug-likeness (QED) is 0.841. The molecule has 1 aliphatic heterocycles. The van der Waals surface area contributed by atoms with Crippen molar-refractivity contribution in [1.29, 1.82) is 0 Å². The molecular weight excluding hydrogens is 312 g/mol. The van der Waals surface area contributed by atoms with Crippen molar-refractivity contribution < 1.29 is 12.9 Å². The second-order valence-electron chi connectivity index (χ2n) is 6.75. The van der Waals surface area contributed by atoms with E-state index in [1.54, 1.807) is 0 Å². The van der Waals surface area contributed by atoms with E-state index in [0.717, 1.165) is 5.82 Å². The molecule has 4 rings (SSSR count). The van der Waals surface area contributed by atoms with Gasteiger partial charge in [0.2, 0.25) is 5.89 Å². The maximum atomic E-state index is 11.6. The standard InChI is InChI=1S/C17H20N2O3S/c20-23(21)9-8-12(11-23)10-15-18-17(19-22-15)16(14-6-7-14)13-4-2-1-3-5-13/h1-5,12,14,16H,6-11H2/t12-,16+/m1/s1. The highest BCUT2D eigenvalue weighted by Crippen LogP contribution is 2.45. The van der Waals surface area contributed by atoms with Gasteiger partial charge in [0, 0.05) is 6.42 Å². The molecular formula is C17H20N2O3S. The van der Waals surface area contributed by atoms with Crippen molar-refractivity contribution in [2.24, 2.45) is 11.8 Å². The third-order valence-electron chi connectivity index (χ3n) is 4.80. The van der Waals surface area contributed by atoms with Crippen molar-refractivity contribution in [2.45, 2.75) is 31.6 Å². The molecule has 122 valence electrons. The number of benzene rings is 1. The summed E-state index contributed by atoms with van der Waals surface area (Å²) in [6.07, 6.45) is 3.66. The van der Waals surface area contributed by atoms with E-state index in [0.29, 0.717) is 24.7 Å². The van der Waals surface area contributed by atoms with E-state index in [2.05, 4.69) is 22.3 Å². The molecule has 0 unspecified atom stereocenters. The SMILES string of the molecule is O=S1(=O)CC[C@H](Cc2nc([C@@H](c3ccccc3)C3CC3)no2)C1. The van der Waals surface area contributed by atoms with Crippen molar-refractivity contribution in [1.82, 2.24) is 10.1 Å². The Morgan fingerprint density at radius 1 is 1.17 bits per heavy atom. The normalized spacial score (nSPS) is 24.6. The van der Waals surface area contributed by atoms with E-state index < -0.39 is 9.84 Å². The number of aromatic nitrogens is 2. The highest BCUT2D eigenvalue weighted by molar-refractivity contribution is 7.91. The fourth-order valence-corrected chi connectivity index (χ4v) is 5.34. The molecule has 2 fully saturated rings. The van der Waals surface area contributed by atoms with Crippen LogP contribution < -0.4 is 0 Å². The lowest BCUT2D eigenvalue weighted by Gasteiger charge is -2.11. The summed E-state index contributed by atoms with van der Waals surface area (Å²) in [6, 6.07) is 10.3. The molecule has 1 saturated heterocycles. The lowest BCUT2D eigenvalue weighted by atomic mass is 9.93. The Kier molecular flexibility index (Phi) is 3.71. The van der Waals surface area contributed by atoms with Crippen molar-refractivity contribution in [2.75, 3.05) is 11.5 Å². The van der Waals surface area contributed by atoms with Gasteiger partial charge in [0.25, 0.3) is 0 Å². The maximum Gasteiger partial charge on any atom is 0.226 e. The maximum absolute atomic E-state index is 11.6. The molecule has 1 aromatic carbocycles. The molecule has 23 heavy (non-hydrogen) atoms. The van der Waals surface area contributed by atoms with E-state index in [1.807, 2.05) is 18.2 Å². The van der Waals surface area contributed by atoms with Crippen molar-refractivity contribution in [3.8, 4) is 0 Å². The second kappa shape index (κ2) is 5.74. The Morgan fingerprint density at radius 3 is 2.61 bits per heavy atom. The van der Waals surface area contributed by atoms with Crippen LogP contribution in [0.15, 0.2) is 34.9 Å². The lowest BCUT2D eigenvalue weighted by Crippen LogP contribution is -2.08. The van der Waals surface area contributed by atoms with Crippen LogP contribution in [0.4, 0.5) is 0 Å². The lowest BCUT2D eigenvalue weighted by molar-refractivity contribution is 0.353. The van der Waals surface area contributed by atoms with Gasteiger partial charge in [-0.05, 0) is 36.7 Å². The average Bonchev–Trinajstić information content (AvgIpc) is 3.16. The molecule has 2 aromatic rings. The van der Waals surface area contributed by atoms with Crippen LogP contribution in [-0.2, 0) is 16.3 Å². The summed E-state index contributed by atoms with van der Waals surface area (Å²) in [7, 11) is -2.86. The van der Waals surface area contributed by atoms with Gasteiger partial charge in [-0.2, -0.15) is 4.98 Å². The third kappa shape index (κ3) is 3.32. The van der Waals surface area contributed by atoms with Crippen molar-refractivity contribution in [3.63, 3.8) is 0 Å². The number of hydrogen-bond donors (Lipinski definition) is 0. The summed E-state index contributed by atoms with van der Waals surface area (Å²) < 4.78 is 28.5. The van der Waals surface area contributed by atoms with Crippen molar-refractivity contribution >= 4 is 9.84 Å². The zero-order valence-corrected chi connectivity index (χ0v) is 13.7. The fourth-order valence-electron chi connectivity index (χ4n) is 3.48. The first kappa shape index (κ1) is 14.9. The van der Waals surface area contributed by atoms with E-state index in [-0.39, 0.29) is 23.3 Å². The van der Waals surface area contributed by atoms with Gasteiger partial charge in [0.05, 0.1) is 17.4 Å². The van der Waals surface area contributed by atoms with Gasteiger partial charge < -0.3 is 4.52 Å². The smallest absolute Gasteiger partial charge is 0.226 e. The minimum atomic E-state index is -2.86. The zero-order valence-electron chi connectivity index (χ0n) is 12.9. The molecule has 0 bridgehead atoms. The Balaban J connectivity index is 1.52. The second-order valence-corrected chi connectivity index (χ2v) is 8.97. The molecule has 1 aromatic heterocycles. The molecule has 2 atom stereocenters. The number of rotatable bonds is 5. The van der Waals surface area contributed by atoms with Crippen molar-refractivity contribution in [3.05, 3.63) is 47.6 Å².